The molecule has 0 aliphatic rings. The number of ether oxygens (including phenoxy) is 3. The summed E-state index contributed by atoms with van der Waals surface area (Å²) in [4.78, 5) is 12.6. The summed E-state index contributed by atoms with van der Waals surface area (Å²) in [5, 5.41) is 0. The van der Waals surface area contributed by atoms with Crippen molar-refractivity contribution in [1.82, 2.24) is 4.57 Å². The molecular weight excluding hydrogens is 406 g/mol. The molecule has 0 unspecified atom stereocenters. The monoisotopic (exact) mass is 423 g/mol. The zero-order valence-electron chi connectivity index (χ0n) is 15.8. The van der Waals surface area contributed by atoms with Crippen LogP contribution in [0.3, 0.4) is 0 Å². The number of hydrogen-bond acceptors (Lipinski definition) is 4. The maximum absolute atomic E-state index is 13.3. The second-order valence-electron chi connectivity index (χ2n) is 6.15. The summed E-state index contributed by atoms with van der Waals surface area (Å²) < 4.78 is 66.0. The lowest BCUT2D eigenvalue weighted by Crippen LogP contribution is -2.19. The molecule has 2 aromatic carbocycles. The van der Waals surface area contributed by atoms with E-state index >= 15 is 0 Å². The smallest absolute Gasteiger partial charge is 0.490 e. The van der Waals surface area contributed by atoms with E-state index in [4.69, 9.17) is 9.47 Å². The maximum Gasteiger partial charge on any atom is 0.573 e. The van der Waals surface area contributed by atoms with Crippen LogP contribution in [0.4, 0.5) is 17.6 Å². The van der Waals surface area contributed by atoms with Gasteiger partial charge in [0.25, 0.3) is 5.56 Å². The van der Waals surface area contributed by atoms with Crippen molar-refractivity contribution in [2.24, 2.45) is 0 Å². The molecule has 3 aromatic rings. The van der Waals surface area contributed by atoms with Crippen LogP contribution in [0.1, 0.15) is 0 Å². The fraction of sp³-hybridized carbons (Fsp3) is 0.190. The topological polar surface area (TPSA) is 49.7 Å². The first-order valence-electron chi connectivity index (χ1n) is 8.77. The molecule has 0 amide bonds. The lowest BCUT2D eigenvalue weighted by Gasteiger charge is -2.15. The number of aromatic nitrogens is 1. The predicted octanol–water partition coefficient (Wildman–Crippen LogP) is 4.57. The Kier molecular flexibility index (Phi) is 6.41. The number of pyridine rings is 1. The Bertz CT molecular complexity index is 1040. The number of nitrogens with zero attached hydrogens (tertiary/aromatic N) is 1. The minimum Gasteiger partial charge on any atom is -0.490 e. The first-order valence-corrected chi connectivity index (χ1v) is 8.77. The van der Waals surface area contributed by atoms with Gasteiger partial charge in [-0.05, 0) is 42.0 Å². The van der Waals surface area contributed by atoms with Gasteiger partial charge < -0.3 is 14.2 Å². The summed E-state index contributed by atoms with van der Waals surface area (Å²) >= 11 is 0. The van der Waals surface area contributed by atoms with Gasteiger partial charge in [0.05, 0.1) is 6.61 Å². The van der Waals surface area contributed by atoms with Gasteiger partial charge in [0, 0.05) is 30.6 Å². The zero-order chi connectivity index (χ0) is 21.7. The summed E-state index contributed by atoms with van der Waals surface area (Å²) in [6.45, 7) is 0.490. The first kappa shape index (κ1) is 21.4. The number of methoxy groups -OCH3 is 1. The minimum atomic E-state index is -4.81. The molecule has 3 rings (SSSR count). The molecule has 1 heterocycles. The van der Waals surface area contributed by atoms with E-state index < -0.39 is 23.5 Å². The first-order chi connectivity index (χ1) is 14.3. The SMILES string of the molecule is COCCOc1cc(=O)n(-c2ccc(OC(F)(F)F)cc2)cc1-c1ccc(F)cc1. The van der Waals surface area contributed by atoms with Crippen molar-refractivity contribution in [1.29, 1.82) is 0 Å². The molecule has 158 valence electrons. The maximum atomic E-state index is 13.3. The number of benzene rings is 2. The highest BCUT2D eigenvalue weighted by atomic mass is 19.4. The lowest BCUT2D eigenvalue weighted by molar-refractivity contribution is -0.274. The Labute approximate surface area is 169 Å². The van der Waals surface area contributed by atoms with Crippen LogP contribution in [0.25, 0.3) is 16.8 Å². The van der Waals surface area contributed by atoms with Crippen LogP contribution in [0.2, 0.25) is 0 Å². The van der Waals surface area contributed by atoms with Gasteiger partial charge in [-0.1, -0.05) is 12.1 Å². The number of hydrogen-bond donors (Lipinski definition) is 0. The van der Waals surface area contributed by atoms with Gasteiger partial charge in [0.15, 0.2) is 0 Å². The molecule has 1 aromatic heterocycles. The second-order valence-corrected chi connectivity index (χ2v) is 6.15. The highest BCUT2D eigenvalue weighted by molar-refractivity contribution is 5.70. The van der Waals surface area contributed by atoms with Crippen LogP contribution in [0.5, 0.6) is 11.5 Å². The van der Waals surface area contributed by atoms with E-state index in [0.717, 1.165) is 12.1 Å². The summed E-state index contributed by atoms with van der Waals surface area (Å²) in [7, 11) is 1.51. The van der Waals surface area contributed by atoms with Crippen LogP contribution in [-0.2, 0) is 4.74 Å². The molecule has 0 fully saturated rings. The van der Waals surface area contributed by atoms with Crippen LogP contribution in [-0.4, -0.2) is 31.3 Å². The van der Waals surface area contributed by atoms with Crippen LogP contribution in [0.15, 0.2) is 65.6 Å². The third kappa shape index (κ3) is 5.38. The molecule has 9 heteroatoms. The highest BCUT2D eigenvalue weighted by Gasteiger charge is 2.31. The largest absolute Gasteiger partial charge is 0.573 e. The van der Waals surface area contributed by atoms with Crippen molar-refractivity contribution in [3.05, 3.63) is 77.0 Å². The Hall–Kier alpha value is -3.33. The van der Waals surface area contributed by atoms with E-state index in [0.29, 0.717) is 23.4 Å². The van der Waals surface area contributed by atoms with E-state index in [9.17, 15) is 22.4 Å². The van der Waals surface area contributed by atoms with Crippen molar-refractivity contribution in [3.63, 3.8) is 0 Å². The Balaban J connectivity index is 2.02. The molecule has 0 aliphatic carbocycles. The van der Waals surface area contributed by atoms with Crippen LogP contribution in [0, 0.1) is 5.82 Å². The van der Waals surface area contributed by atoms with Gasteiger partial charge in [-0.3, -0.25) is 9.36 Å². The van der Waals surface area contributed by atoms with Crippen molar-refractivity contribution < 1.29 is 31.8 Å². The fourth-order valence-electron chi connectivity index (χ4n) is 2.73. The average Bonchev–Trinajstić information content (AvgIpc) is 2.69. The van der Waals surface area contributed by atoms with E-state index in [1.54, 1.807) is 0 Å². The van der Waals surface area contributed by atoms with Gasteiger partial charge in [-0.15, -0.1) is 13.2 Å². The molecule has 0 atom stereocenters. The standard InChI is InChI=1S/C21H17F4NO4/c1-28-10-11-29-19-12-20(27)26(13-18(19)14-2-4-15(22)5-3-14)16-6-8-17(9-7-16)30-21(23,24)25/h2-9,12-13H,10-11H2,1H3. The van der Waals surface area contributed by atoms with Gasteiger partial charge in [0.1, 0.15) is 23.9 Å². The summed E-state index contributed by atoms with van der Waals surface area (Å²) in [6, 6.07) is 11.7. The summed E-state index contributed by atoms with van der Waals surface area (Å²) in [5.41, 5.74) is 0.954. The molecule has 5 nitrogen and oxygen atoms in total. The third-order valence-corrected chi connectivity index (χ3v) is 4.06. The molecule has 0 aliphatic heterocycles. The van der Waals surface area contributed by atoms with E-state index in [2.05, 4.69) is 4.74 Å². The highest BCUT2D eigenvalue weighted by Crippen LogP contribution is 2.30. The molecule has 0 bridgehead atoms. The molecule has 0 saturated carbocycles. The van der Waals surface area contributed by atoms with Crippen molar-refractivity contribution in [2.45, 2.75) is 6.36 Å². The van der Waals surface area contributed by atoms with E-state index in [-0.39, 0.29) is 12.4 Å². The summed E-state index contributed by atoms with van der Waals surface area (Å²) in [5.74, 6) is -0.552. The van der Waals surface area contributed by atoms with Gasteiger partial charge in [-0.2, -0.15) is 0 Å². The molecule has 0 N–H and O–H groups in total. The average molecular weight is 423 g/mol. The van der Waals surface area contributed by atoms with E-state index in [1.165, 1.54) is 60.3 Å². The van der Waals surface area contributed by atoms with Crippen LogP contribution < -0.4 is 15.0 Å². The Morgan fingerprint density at radius 3 is 2.23 bits per heavy atom. The van der Waals surface area contributed by atoms with Crippen molar-refractivity contribution >= 4 is 0 Å². The molecule has 0 radical (unpaired) electrons. The minimum absolute atomic E-state index is 0.192. The lowest BCUT2D eigenvalue weighted by atomic mass is 10.1. The Morgan fingerprint density at radius 2 is 1.63 bits per heavy atom. The third-order valence-electron chi connectivity index (χ3n) is 4.06. The zero-order valence-corrected chi connectivity index (χ0v) is 15.8. The fourth-order valence-corrected chi connectivity index (χ4v) is 2.73. The van der Waals surface area contributed by atoms with Crippen molar-refractivity contribution in [2.75, 3.05) is 20.3 Å². The van der Waals surface area contributed by atoms with E-state index in [1.807, 2.05) is 0 Å². The predicted molar refractivity (Wildman–Crippen MR) is 101 cm³/mol. The molecular formula is C21H17F4NO4. The van der Waals surface area contributed by atoms with Gasteiger partial charge >= 0.3 is 6.36 Å². The van der Waals surface area contributed by atoms with Crippen molar-refractivity contribution in [3.8, 4) is 28.3 Å². The number of halogens is 4. The Morgan fingerprint density at radius 1 is 0.967 bits per heavy atom. The second kappa shape index (κ2) is 9.00. The molecule has 0 saturated heterocycles. The number of alkyl halides is 3. The summed E-state index contributed by atoms with van der Waals surface area (Å²) in [6.07, 6.45) is -3.33. The normalized spacial score (nSPS) is 11.4. The quantitative estimate of drug-likeness (QED) is 0.413. The molecule has 30 heavy (non-hydrogen) atoms. The molecule has 0 spiro atoms. The van der Waals surface area contributed by atoms with Gasteiger partial charge in [-0.25, -0.2) is 4.39 Å². The number of rotatable bonds is 7. The van der Waals surface area contributed by atoms with Gasteiger partial charge in [0.2, 0.25) is 0 Å². The van der Waals surface area contributed by atoms with Crippen LogP contribution >= 0.6 is 0 Å².